The second-order valence-electron chi connectivity index (χ2n) is 6.34. The summed E-state index contributed by atoms with van der Waals surface area (Å²) in [6, 6.07) is 4.51. The molecular weight excluding hydrogens is 353 g/mol. The van der Waals surface area contributed by atoms with Gasteiger partial charge in [-0.05, 0) is 43.2 Å². The van der Waals surface area contributed by atoms with Gasteiger partial charge >= 0.3 is 0 Å². The monoisotopic (exact) mass is 369 g/mol. The van der Waals surface area contributed by atoms with Crippen LogP contribution in [0.4, 0.5) is 10.3 Å². The van der Waals surface area contributed by atoms with Gasteiger partial charge < -0.3 is 10.3 Å². The third kappa shape index (κ3) is 2.68. The minimum atomic E-state index is -0.285. The highest BCUT2D eigenvalue weighted by molar-refractivity contribution is 7.98. The number of H-pyrrole nitrogens is 1. The molecule has 3 aromatic heterocycles. The van der Waals surface area contributed by atoms with Crippen LogP contribution in [0.1, 0.15) is 30.1 Å². The van der Waals surface area contributed by atoms with E-state index in [2.05, 4.69) is 30.4 Å². The van der Waals surface area contributed by atoms with Crippen molar-refractivity contribution in [2.24, 2.45) is 0 Å². The number of rotatable bonds is 5. The van der Waals surface area contributed by atoms with Crippen molar-refractivity contribution in [3.63, 3.8) is 0 Å². The number of hydrogen-bond acceptors (Lipinski definition) is 6. The molecule has 0 saturated heterocycles. The number of fused-ring (bicyclic) bond motifs is 2. The number of imidazole rings is 1. The van der Waals surface area contributed by atoms with Crippen molar-refractivity contribution in [3.8, 4) is 0 Å². The number of nitrogens with one attached hydrogen (secondary N) is 2. The van der Waals surface area contributed by atoms with Crippen LogP contribution < -0.4 is 5.32 Å². The molecule has 2 N–H and O–H groups in total. The van der Waals surface area contributed by atoms with Crippen LogP contribution in [-0.2, 0) is 6.54 Å². The molecule has 0 unspecified atom stereocenters. The predicted molar refractivity (Wildman–Crippen MR) is 97.9 cm³/mol. The fraction of sp³-hybridized carbons (Fsp3) is 0.294. The van der Waals surface area contributed by atoms with Gasteiger partial charge in [0.25, 0.3) is 0 Å². The second-order valence-corrected chi connectivity index (χ2v) is 7.12. The lowest BCUT2D eigenvalue weighted by atomic mass is 10.2. The summed E-state index contributed by atoms with van der Waals surface area (Å²) >= 11 is 1.50. The molecule has 0 radical (unpaired) electrons. The lowest BCUT2D eigenvalue weighted by Gasteiger charge is -2.07. The average molecular weight is 369 g/mol. The third-order valence-electron chi connectivity index (χ3n) is 4.48. The van der Waals surface area contributed by atoms with E-state index < -0.39 is 0 Å². The summed E-state index contributed by atoms with van der Waals surface area (Å²) in [6.07, 6.45) is 6.23. The first-order valence-electron chi connectivity index (χ1n) is 8.39. The Labute approximate surface area is 152 Å². The van der Waals surface area contributed by atoms with Gasteiger partial charge in [-0.15, -0.1) is 0 Å². The summed E-state index contributed by atoms with van der Waals surface area (Å²) in [4.78, 5) is 16.8. The normalized spacial score (nSPS) is 14.4. The van der Waals surface area contributed by atoms with E-state index in [9.17, 15) is 4.39 Å². The Morgan fingerprint density at radius 2 is 2.19 bits per heavy atom. The Balaban J connectivity index is 1.47. The standard InChI is InChI=1S/C17H16FN7S/c1-26-17-23-15-11(9-2-3-9)7-20-25(15)16(24-17)19-8-14-21-12-5-4-10(18)6-13(12)22-14/h4-7,9H,2-3,8H2,1H3,(H,21,22)(H,19,23,24). The Morgan fingerprint density at radius 3 is 3.00 bits per heavy atom. The van der Waals surface area contributed by atoms with E-state index in [1.165, 1.54) is 42.3 Å². The fourth-order valence-corrected chi connectivity index (χ4v) is 3.40. The zero-order chi connectivity index (χ0) is 17.7. The van der Waals surface area contributed by atoms with Gasteiger partial charge in [-0.3, -0.25) is 0 Å². The molecule has 1 aliphatic rings. The smallest absolute Gasteiger partial charge is 0.228 e. The Kier molecular flexibility index (Phi) is 3.56. The minimum Gasteiger partial charge on any atom is -0.347 e. The minimum absolute atomic E-state index is 0.285. The number of halogens is 1. The maximum absolute atomic E-state index is 13.3. The summed E-state index contributed by atoms with van der Waals surface area (Å²) in [6.45, 7) is 0.425. The highest BCUT2D eigenvalue weighted by atomic mass is 32.2. The van der Waals surface area contributed by atoms with Crippen molar-refractivity contribution < 1.29 is 4.39 Å². The van der Waals surface area contributed by atoms with Crippen LogP contribution in [0.2, 0.25) is 0 Å². The maximum Gasteiger partial charge on any atom is 0.228 e. The van der Waals surface area contributed by atoms with Crippen molar-refractivity contribution in [2.45, 2.75) is 30.5 Å². The van der Waals surface area contributed by atoms with Gasteiger partial charge in [-0.2, -0.15) is 14.6 Å². The SMILES string of the molecule is CSc1nc(NCc2nc3ccc(F)cc3[nH]2)n2ncc(C3CC3)c2n1. The first-order chi connectivity index (χ1) is 12.7. The first-order valence-corrected chi connectivity index (χ1v) is 9.61. The Bertz CT molecular complexity index is 1120. The molecule has 1 fully saturated rings. The molecule has 7 nitrogen and oxygen atoms in total. The summed E-state index contributed by atoms with van der Waals surface area (Å²) in [5.74, 6) is 1.61. The van der Waals surface area contributed by atoms with Crippen molar-refractivity contribution in [3.05, 3.63) is 41.6 Å². The predicted octanol–water partition coefficient (Wildman–Crippen LogP) is 3.35. The van der Waals surface area contributed by atoms with Gasteiger partial charge in [0.05, 0.1) is 23.8 Å². The molecule has 4 aromatic rings. The number of nitrogens with zero attached hydrogens (tertiary/aromatic N) is 5. The van der Waals surface area contributed by atoms with Gasteiger partial charge in [0.2, 0.25) is 5.95 Å². The van der Waals surface area contributed by atoms with E-state index in [1.807, 2.05) is 12.5 Å². The number of thioether (sulfide) groups is 1. The molecule has 0 aliphatic heterocycles. The van der Waals surface area contributed by atoms with E-state index in [4.69, 9.17) is 0 Å². The molecule has 1 saturated carbocycles. The van der Waals surface area contributed by atoms with Gasteiger partial charge in [-0.1, -0.05) is 11.8 Å². The molecule has 1 aliphatic carbocycles. The van der Waals surface area contributed by atoms with E-state index in [1.54, 1.807) is 10.6 Å². The Hall–Kier alpha value is -2.68. The van der Waals surface area contributed by atoms with E-state index in [0.717, 1.165) is 11.2 Å². The van der Waals surface area contributed by atoms with Crippen LogP contribution in [0.15, 0.2) is 29.6 Å². The van der Waals surface area contributed by atoms with Gasteiger partial charge in [0, 0.05) is 5.56 Å². The summed E-state index contributed by atoms with van der Waals surface area (Å²) in [5.41, 5.74) is 3.46. The first kappa shape index (κ1) is 15.6. The Morgan fingerprint density at radius 1 is 1.31 bits per heavy atom. The molecule has 26 heavy (non-hydrogen) atoms. The topological polar surface area (TPSA) is 83.8 Å². The highest BCUT2D eigenvalue weighted by Gasteiger charge is 2.28. The van der Waals surface area contributed by atoms with Gasteiger partial charge in [0.15, 0.2) is 10.8 Å². The number of aromatic amines is 1. The third-order valence-corrected chi connectivity index (χ3v) is 5.03. The highest BCUT2D eigenvalue weighted by Crippen LogP contribution is 2.41. The lowest BCUT2D eigenvalue weighted by molar-refractivity contribution is 0.629. The molecule has 0 amide bonds. The molecule has 0 atom stereocenters. The second kappa shape index (κ2) is 5.94. The van der Waals surface area contributed by atoms with E-state index in [-0.39, 0.29) is 5.82 Å². The van der Waals surface area contributed by atoms with Crippen molar-refractivity contribution >= 4 is 34.4 Å². The summed E-state index contributed by atoms with van der Waals surface area (Å²) < 4.78 is 15.1. The van der Waals surface area contributed by atoms with E-state index in [0.29, 0.717) is 34.9 Å². The van der Waals surface area contributed by atoms with Crippen LogP contribution in [-0.4, -0.2) is 35.8 Å². The van der Waals surface area contributed by atoms with Crippen LogP contribution in [0.3, 0.4) is 0 Å². The number of hydrogen-bond donors (Lipinski definition) is 2. The molecular formula is C17H16FN7S. The van der Waals surface area contributed by atoms with Crippen LogP contribution in [0, 0.1) is 5.82 Å². The van der Waals surface area contributed by atoms with Crippen LogP contribution in [0.5, 0.6) is 0 Å². The van der Waals surface area contributed by atoms with E-state index >= 15 is 0 Å². The molecule has 0 spiro atoms. The molecule has 5 rings (SSSR count). The molecule has 1 aromatic carbocycles. The lowest BCUT2D eigenvalue weighted by Crippen LogP contribution is -2.10. The van der Waals surface area contributed by atoms with Crippen molar-refractivity contribution in [2.75, 3.05) is 11.6 Å². The quantitative estimate of drug-likeness (QED) is 0.525. The summed E-state index contributed by atoms with van der Waals surface area (Å²) in [7, 11) is 0. The van der Waals surface area contributed by atoms with Crippen molar-refractivity contribution in [1.29, 1.82) is 0 Å². The van der Waals surface area contributed by atoms with Crippen LogP contribution in [0.25, 0.3) is 16.7 Å². The fourth-order valence-electron chi connectivity index (χ4n) is 3.04. The van der Waals surface area contributed by atoms with Crippen molar-refractivity contribution in [1.82, 2.24) is 29.5 Å². The maximum atomic E-state index is 13.3. The van der Waals surface area contributed by atoms with Gasteiger partial charge in [0.1, 0.15) is 11.6 Å². The van der Waals surface area contributed by atoms with Crippen LogP contribution >= 0.6 is 11.8 Å². The molecule has 3 heterocycles. The number of aromatic nitrogens is 6. The zero-order valence-corrected chi connectivity index (χ0v) is 14.8. The average Bonchev–Trinajstić information content (AvgIpc) is 3.26. The number of anilines is 1. The zero-order valence-electron chi connectivity index (χ0n) is 14.0. The van der Waals surface area contributed by atoms with Gasteiger partial charge in [-0.25, -0.2) is 14.4 Å². The number of benzene rings is 1. The molecule has 0 bridgehead atoms. The summed E-state index contributed by atoms with van der Waals surface area (Å²) in [5, 5.41) is 8.44. The largest absolute Gasteiger partial charge is 0.347 e. The molecule has 132 valence electrons. The molecule has 9 heteroatoms.